The van der Waals surface area contributed by atoms with Crippen molar-refractivity contribution in [2.45, 2.75) is 75.6 Å². The van der Waals surface area contributed by atoms with Crippen LogP contribution in [0.1, 0.15) is 57.1 Å². The first-order valence-corrected chi connectivity index (χ1v) is 15.0. The maximum atomic E-state index is 15.8. The second-order valence-electron chi connectivity index (χ2n) is 11.8. The highest BCUT2D eigenvalue weighted by atomic mass is 35.5. The predicted molar refractivity (Wildman–Crippen MR) is 149 cm³/mol. The molecule has 40 heavy (non-hydrogen) atoms. The Kier molecular flexibility index (Phi) is 8.09. The van der Waals surface area contributed by atoms with Gasteiger partial charge in [0.2, 0.25) is 11.8 Å². The van der Waals surface area contributed by atoms with Crippen molar-refractivity contribution in [2.75, 3.05) is 5.32 Å². The summed E-state index contributed by atoms with van der Waals surface area (Å²) in [5.41, 5.74) is -0.278. The average Bonchev–Trinajstić information content (AvgIpc) is 3.30. The number of benzene rings is 2. The largest absolute Gasteiger partial charge is 0.352 e. The minimum atomic E-state index is -3.23. The van der Waals surface area contributed by atoms with Crippen LogP contribution in [0.15, 0.2) is 36.4 Å². The Morgan fingerprint density at radius 3 is 2.65 bits per heavy atom. The molecule has 2 aromatic carbocycles. The fourth-order valence-electron chi connectivity index (χ4n) is 6.31. The number of fused-ring (bicyclic) bond motifs is 2. The number of amides is 2. The summed E-state index contributed by atoms with van der Waals surface area (Å²) in [7, 11) is -3.23. The lowest BCUT2D eigenvalue weighted by molar-refractivity contribution is -0.266. The van der Waals surface area contributed by atoms with Gasteiger partial charge in [0.15, 0.2) is 0 Å². The van der Waals surface area contributed by atoms with Crippen molar-refractivity contribution in [1.29, 1.82) is 0 Å². The second kappa shape index (κ2) is 11.0. The average molecular weight is 614 g/mol. The molecule has 2 fully saturated rings. The molecule has 0 radical (unpaired) electrons. The van der Waals surface area contributed by atoms with E-state index in [2.05, 4.69) is 20.6 Å². The molecule has 216 valence electrons. The Hall–Kier alpha value is -2.04. The molecule has 0 aromatic heterocycles. The van der Waals surface area contributed by atoms with E-state index in [-0.39, 0.29) is 28.0 Å². The fourth-order valence-corrected chi connectivity index (χ4v) is 6.89. The first-order chi connectivity index (χ1) is 18.8. The standard InChI is InChI=1S/C27H31Cl2FN3O6P/c1-26(2,3)12-20-27(17-8-7-13(28)9-19(17)32-25(27)35)21(16-5-4-6-18(29)22(16)30)23(33-20)24(34)31-14-10-15(11-14)38-39-40(36)37/h4-9,14-15,20-21,23,33,40H,10-12H2,1-3H3,(H,31,34)(H,32,35)(H,36,37)/t14-,15+,20-,21+,23-,27+/m1/s1. The third-order valence-electron chi connectivity index (χ3n) is 7.92. The van der Waals surface area contributed by atoms with Gasteiger partial charge in [-0.3, -0.25) is 14.2 Å². The summed E-state index contributed by atoms with van der Waals surface area (Å²) < 4.78 is 30.9. The fraction of sp³-hybridized carbons (Fsp3) is 0.481. The van der Waals surface area contributed by atoms with E-state index in [1.165, 1.54) is 6.07 Å². The quantitative estimate of drug-likeness (QED) is 0.200. The smallest absolute Gasteiger partial charge is 0.344 e. The van der Waals surface area contributed by atoms with Crippen LogP contribution >= 0.6 is 31.5 Å². The first kappa shape index (κ1) is 29.5. The summed E-state index contributed by atoms with van der Waals surface area (Å²) in [6.45, 7) is 6.12. The molecular weight excluding hydrogens is 583 g/mol. The SMILES string of the molecule is CC(C)(C)C[C@H]1N[C@@H](C(=O)N[C@H]2C[C@@H](OO[PH](=O)O)C2)[C@H](c2cccc(Cl)c2F)[C@@]12C(=O)Nc1cc(Cl)ccc12. The van der Waals surface area contributed by atoms with Gasteiger partial charge >= 0.3 is 8.25 Å². The molecule has 2 aliphatic heterocycles. The van der Waals surface area contributed by atoms with Gasteiger partial charge in [-0.05, 0) is 54.0 Å². The molecular formula is C27H31Cl2FN3O6P. The van der Waals surface area contributed by atoms with Crippen molar-refractivity contribution in [1.82, 2.24) is 10.6 Å². The zero-order chi connectivity index (χ0) is 29.0. The van der Waals surface area contributed by atoms with E-state index < -0.39 is 49.5 Å². The third kappa shape index (κ3) is 5.31. The number of rotatable bonds is 7. The molecule has 5 rings (SSSR count). The zero-order valence-electron chi connectivity index (χ0n) is 22.1. The lowest BCUT2D eigenvalue weighted by atomic mass is 9.62. The van der Waals surface area contributed by atoms with Crippen LogP contribution < -0.4 is 16.0 Å². The minimum Gasteiger partial charge on any atom is -0.352 e. The van der Waals surface area contributed by atoms with E-state index in [1.807, 2.05) is 20.8 Å². The summed E-state index contributed by atoms with van der Waals surface area (Å²) in [6.07, 6.45) is 0.785. The monoisotopic (exact) mass is 613 g/mol. The Balaban J connectivity index is 1.57. The van der Waals surface area contributed by atoms with Crippen LogP contribution in [0.5, 0.6) is 0 Å². The van der Waals surface area contributed by atoms with Gasteiger partial charge in [0.05, 0.1) is 17.2 Å². The highest BCUT2D eigenvalue weighted by Gasteiger charge is 2.66. The third-order valence-corrected chi connectivity index (χ3v) is 8.68. The predicted octanol–water partition coefficient (Wildman–Crippen LogP) is 4.86. The molecule has 3 aliphatic rings. The van der Waals surface area contributed by atoms with Crippen LogP contribution in [0.4, 0.5) is 10.1 Å². The van der Waals surface area contributed by atoms with Crippen LogP contribution in [0.3, 0.4) is 0 Å². The van der Waals surface area contributed by atoms with E-state index in [1.54, 1.807) is 30.3 Å². The van der Waals surface area contributed by atoms with Gasteiger partial charge in [-0.2, -0.15) is 4.67 Å². The molecule has 1 aliphatic carbocycles. The molecule has 13 heteroatoms. The van der Waals surface area contributed by atoms with E-state index in [0.717, 1.165) is 0 Å². The number of hydrogen-bond acceptors (Lipinski definition) is 6. The molecule has 1 unspecified atom stereocenters. The van der Waals surface area contributed by atoms with Gasteiger partial charge < -0.3 is 20.8 Å². The minimum absolute atomic E-state index is 0.108. The Labute approximate surface area is 242 Å². The molecule has 4 N–H and O–H groups in total. The Morgan fingerprint density at radius 1 is 1.25 bits per heavy atom. The number of anilines is 1. The molecule has 0 bridgehead atoms. The van der Waals surface area contributed by atoms with Gasteiger partial charge in [0.1, 0.15) is 11.2 Å². The van der Waals surface area contributed by atoms with Crippen LogP contribution in [0.25, 0.3) is 0 Å². The number of hydrogen-bond donors (Lipinski definition) is 4. The molecule has 1 saturated heterocycles. The number of nitrogens with one attached hydrogen (secondary N) is 3. The van der Waals surface area contributed by atoms with Gasteiger partial charge in [0.25, 0.3) is 0 Å². The second-order valence-corrected chi connectivity index (χ2v) is 13.4. The zero-order valence-corrected chi connectivity index (χ0v) is 24.6. The summed E-state index contributed by atoms with van der Waals surface area (Å²) in [5.74, 6) is -2.39. The molecule has 2 aromatic rings. The summed E-state index contributed by atoms with van der Waals surface area (Å²) in [5, 5.41) is 9.67. The summed E-state index contributed by atoms with van der Waals surface area (Å²) >= 11 is 12.5. The van der Waals surface area contributed by atoms with Gasteiger partial charge in [0, 0.05) is 28.7 Å². The molecule has 2 heterocycles. The van der Waals surface area contributed by atoms with Gasteiger partial charge in [-0.1, -0.05) is 62.2 Å². The van der Waals surface area contributed by atoms with E-state index in [4.69, 9.17) is 33.0 Å². The van der Waals surface area contributed by atoms with Crippen molar-refractivity contribution in [3.05, 3.63) is 63.4 Å². The molecule has 1 spiro atoms. The van der Waals surface area contributed by atoms with Crippen LogP contribution in [-0.4, -0.2) is 40.9 Å². The highest BCUT2D eigenvalue weighted by molar-refractivity contribution is 7.31. The highest BCUT2D eigenvalue weighted by Crippen LogP contribution is 2.57. The lowest BCUT2D eigenvalue weighted by Crippen LogP contribution is -2.53. The number of halogens is 3. The maximum absolute atomic E-state index is 15.8. The lowest BCUT2D eigenvalue weighted by Gasteiger charge is -2.38. The van der Waals surface area contributed by atoms with Crippen molar-refractivity contribution < 1.29 is 33.0 Å². The van der Waals surface area contributed by atoms with Crippen molar-refractivity contribution in [3.63, 3.8) is 0 Å². The van der Waals surface area contributed by atoms with Crippen molar-refractivity contribution in [3.8, 4) is 0 Å². The summed E-state index contributed by atoms with van der Waals surface area (Å²) in [4.78, 5) is 41.7. The Morgan fingerprint density at radius 2 is 1.98 bits per heavy atom. The van der Waals surface area contributed by atoms with E-state index >= 15 is 4.39 Å². The van der Waals surface area contributed by atoms with Crippen molar-refractivity contribution in [2.24, 2.45) is 5.41 Å². The number of carbonyl (C=O) groups excluding carboxylic acids is 2. The number of carbonyl (C=O) groups is 2. The molecule has 2 amide bonds. The molecule has 5 atom stereocenters. The van der Waals surface area contributed by atoms with Gasteiger partial charge in [-0.15, -0.1) is 0 Å². The van der Waals surface area contributed by atoms with E-state index in [9.17, 15) is 14.2 Å². The normalized spacial score (nSPS) is 30.1. The Bertz CT molecular complexity index is 1370. The van der Waals surface area contributed by atoms with Crippen molar-refractivity contribution >= 4 is 49.0 Å². The first-order valence-electron chi connectivity index (χ1n) is 13.0. The topological polar surface area (TPSA) is 126 Å². The van der Waals surface area contributed by atoms with E-state index in [0.29, 0.717) is 35.5 Å². The molecule has 9 nitrogen and oxygen atoms in total. The van der Waals surface area contributed by atoms with Crippen LogP contribution in [0, 0.1) is 11.2 Å². The van der Waals surface area contributed by atoms with Gasteiger partial charge in [-0.25, -0.2) is 9.28 Å². The van der Waals surface area contributed by atoms with Crippen LogP contribution in [-0.2, 0) is 29.1 Å². The summed E-state index contributed by atoms with van der Waals surface area (Å²) in [6, 6.07) is 7.89. The molecule has 1 saturated carbocycles. The van der Waals surface area contributed by atoms with Crippen LogP contribution in [0.2, 0.25) is 10.0 Å². The maximum Gasteiger partial charge on any atom is 0.344 e.